The molecule has 138 valence electrons. The third-order valence-corrected chi connectivity index (χ3v) is 4.60. The van der Waals surface area contributed by atoms with Crippen molar-refractivity contribution < 1.29 is 18.0 Å². The number of alkyl halides is 3. The average Bonchev–Trinajstić information content (AvgIpc) is 2.52. The van der Waals surface area contributed by atoms with Crippen LogP contribution < -0.4 is 10.9 Å². The number of hydrogen-bond donors (Lipinski definition) is 2. The molecule has 0 spiro atoms. The molecule has 1 aliphatic heterocycles. The summed E-state index contributed by atoms with van der Waals surface area (Å²) in [4.78, 5) is 29.1. The number of carbonyl (C=O) groups excluding carboxylic acids is 1. The molecular weight excluding hydrogens is 367 g/mol. The van der Waals surface area contributed by atoms with Crippen molar-refractivity contribution in [2.75, 3.05) is 5.32 Å². The van der Waals surface area contributed by atoms with E-state index in [2.05, 4.69) is 22.9 Å². The second-order valence-corrected chi connectivity index (χ2v) is 6.77. The number of hydrogen-bond acceptors (Lipinski definition) is 4. The Hall–Kier alpha value is -2.29. The van der Waals surface area contributed by atoms with Crippen molar-refractivity contribution in [2.45, 2.75) is 43.6 Å². The number of nitrogens with one attached hydrogen (secondary N) is 1. The lowest BCUT2D eigenvalue weighted by Gasteiger charge is -2.27. The van der Waals surface area contributed by atoms with E-state index in [4.69, 9.17) is 0 Å². The van der Waals surface area contributed by atoms with E-state index in [0.717, 1.165) is 12.1 Å². The number of halogens is 3. The van der Waals surface area contributed by atoms with Crippen LogP contribution in [0, 0.1) is 0 Å². The first kappa shape index (κ1) is 18.5. The first-order valence-corrected chi connectivity index (χ1v) is 8.36. The molecule has 0 radical (unpaired) electrons. The second kappa shape index (κ2) is 6.46. The highest BCUT2D eigenvalue weighted by Gasteiger charge is 2.34. The van der Waals surface area contributed by atoms with Crippen LogP contribution in [0.3, 0.4) is 0 Å². The Morgan fingerprint density at radius 3 is 2.38 bits per heavy atom. The van der Waals surface area contributed by atoms with Gasteiger partial charge in [0, 0.05) is 18.4 Å². The SMILES string of the molecule is CC(C)n1c(S)nc2c(c1=O)C(c1ccc(C(F)(F)F)cc1)CC(=O)N2. The maximum absolute atomic E-state index is 12.9. The molecule has 1 amide bonds. The number of thiol groups is 1. The van der Waals surface area contributed by atoms with Crippen LogP contribution in [0.1, 0.15) is 48.9 Å². The van der Waals surface area contributed by atoms with Gasteiger partial charge in [-0.25, -0.2) is 4.98 Å². The smallest absolute Gasteiger partial charge is 0.310 e. The molecule has 1 unspecified atom stereocenters. The van der Waals surface area contributed by atoms with Crippen molar-refractivity contribution >= 4 is 24.4 Å². The van der Waals surface area contributed by atoms with E-state index in [1.807, 2.05) is 0 Å². The number of amides is 1. The Labute approximate surface area is 152 Å². The highest BCUT2D eigenvalue weighted by Crippen LogP contribution is 2.36. The molecule has 9 heteroatoms. The van der Waals surface area contributed by atoms with Gasteiger partial charge in [-0.2, -0.15) is 13.2 Å². The number of carbonyl (C=O) groups is 1. The molecular formula is C17H16F3N3O2S. The number of anilines is 1. The molecule has 26 heavy (non-hydrogen) atoms. The van der Waals surface area contributed by atoms with Crippen molar-refractivity contribution in [3.8, 4) is 0 Å². The minimum atomic E-state index is -4.45. The molecule has 5 nitrogen and oxygen atoms in total. The van der Waals surface area contributed by atoms with Crippen LogP contribution in [-0.2, 0) is 11.0 Å². The lowest BCUT2D eigenvalue weighted by molar-refractivity contribution is -0.137. The van der Waals surface area contributed by atoms with Gasteiger partial charge < -0.3 is 5.32 Å². The normalized spacial score (nSPS) is 17.2. The second-order valence-electron chi connectivity index (χ2n) is 6.37. The summed E-state index contributed by atoms with van der Waals surface area (Å²) in [5, 5.41) is 2.71. The highest BCUT2D eigenvalue weighted by molar-refractivity contribution is 7.80. The predicted molar refractivity (Wildman–Crippen MR) is 92.7 cm³/mol. The van der Waals surface area contributed by atoms with Crippen LogP contribution in [0.15, 0.2) is 34.2 Å². The minimum Gasteiger partial charge on any atom is -0.310 e. The summed E-state index contributed by atoms with van der Waals surface area (Å²) in [5.74, 6) is -0.914. The Kier molecular flexibility index (Phi) is 4.60. The highest BCUT2D eigenvalue weighted by atomic mass is 32.1. The van der Waals surface area contributed by atoms with Crippen molar-refractivity contribution in [1.82, 2.24) is 9.55 Å². The average molecular weight is 383 g/mol. The molecule has 0 saturated heterocycles. The van der Waals surface area contributed by atoms with E-state index in [-0.39, 0.29) is 40.5 Å². The van der Waals surface area contributed by atoms with Crippen LogP contribution in [0.4, 0.5) is 19.0 Å². The van der Waals surface area contributed by atoms with Gasteiger partial charge in [0.1, 0.15) is 5.82 Å². The van der Waals surface area contributed by atoms with Crippen LogP contribution in [0.2, 0.25) is 0 Å². The van der Waals surface area contributed by atoms with Crippen LogP contribution in [-0.4, -0.2) is 15.5 Å². The van der Waals surface area contributed by atoms with Gasteiger partial charge in [0.2, 0.25) is 5.91 Å². The topological polar surface area (TPSA) is 64.0 Å². The summed E-state index contributed by atoms with van der Waals surface area (Å²) in [6.07, 6.45) is -4.49. The third kappa shape index (κ3) is 3.23. The van der Waals surface area contributed by atoms with Gasteiger partial charge in [-0.15, -0.1) is 12.6 Å². The fraction of sp³-hybridized carbons (Fsp3) is 0.353. The van der Waals surface area contributed by atoms with E-state index in [1.54, 1.807) is 13.8 Å². The van der Waals surface area contributed by atoms with Gasteiger partial charge in [0.05, 0.1) is 11.1 Å². The summed E-state index contributed by atoms with van der Waals surface area (Å²) in [6, 6.07) is 4.28. The lowest BCUT2D eigenvalue weighted by Crippen LogP contribution is -2.35. The fourth-order valence-electron chi connectivity index (χ4n) is 3.07. The number of fused-ring (bicyclic) bond motifs is 1. The summed E-state index contributed by atoms with van der Waals surface area (Å²) < 4.78 is 39.7. The zero-order valence-corrected chi connectivity index (χ0v) is 14.9. The van der Waals surface area contributed by atoms with Gasteiger partial charge in [-0.3, -0.25) is 14.2 Å². The Morgan fingerprint density at radius 1 is 1.23 bits per heavy atom. The first-order valence-electron chi connectivity index (χ1n) is 7.92. The van der Waals surface area contributed by atoms with Gasteiger partial charge in [-0.05, 0) is 31.5 Å². The number of aromatic nitrogens is 2. The van der Waals surface area contributed by atoms with E-state index in [9.17, 15) is 22.8 Å². The third-order valence-electron chi connectivity index (χ3n) is 4.28. The summed E-state index contributed by atoms with van der Waals surface area (Å²) in [6.45, 7) is 3.59. The molecule has 0 bridgehead atoms. The Balaban J connectivity index is 2.15. The van der Waals surface area contributed by atoms with Crippen molar-refractivity contribution in [3.05, 3.63) is 51.3 Å². The number of benzene rings is 1. The molecule has 1 aliphatic rings. The van der Waals surface area contributed by atoms with E-state index in [0.29, 0.717) is 5.56 Å². The van der Waals surface area contributed by atoms with Gasteiger partial charge in [0.15, 0.2) is 5.16 Å². The largest absolute Gasteiger partial charge is 0.416 e. The molecule has 1 atom stereocenters. The standard InChI is InChI=1S/C17H16F3N3O2S/c1-8(2)23-15(25)13-11(7-12(24)21-14(13)22-16(23)26)9-3-5-10(6-4-9)17(18,19)20/h3-6,8,11H,7H2,1-2H3,(H,21,24)(H,22,26). The minimum absolute atomic E-state index is 0.0424. The molecule has 2 heterocycles. The van der Waals surface area contributed by atoms with Crippen molar-refractivity contribution in [3.63, 3.8) is 0 Å². The Bertz CT molecular complexity index is 921. The van der Waals surface area contributed by atoms with Crippen molar-refractivity contribution in [1.29, 1.82) is 0 Å². The van der Waals surface area contributed by atoms with Crippen LogP contribution in [0.5, 0.6) is 0 Å². The van der Waals surface area contributed by atoms with Crippen molar-refractivity contribution in [2.24, 2.45) is 0 Å². The number of nitrogens with zero attached hydrogens (tertiary/aromatic N) is 2. The molecule has 2 aromatic rings. The summed E-state index contributed by atoms with van der Waals surface area (Å²) in [5.41, 5.74) is -0.434. The number of rotatable bonds is 2. The van der Waals surface area contributed by atoms with E-state index >= 15 is 0 Å². The maximum atomic E-state index is 12.9. The molecule has 1 aromatic carbocycles. The van der Waals surface area contributed by atoms with Crippen LogP contribution >= 0.6 is 12.6 Å². The van der Waals surface area contributed by atoms with E-state index in [1.165, 1.54) is 16.7 Å². The quantitative estimate of drug-likeness (QED) is 0.615. The zero-order chi connectivity index (χ0) is 19.2. The maximum Gasteiger partial charge on any atom is 0.416 e. The molecule has 0 aliphatic carbocycles. The molecule has 3 rings (SSSR count). The molecule has 1 aromatic heterocycles. The van der Waals surface area contributed by atoms with Gasteiger partial charge in [0.25, 0.3) is 5.56 Å². The fourth-order valence-corrected chi connectivity index (χ4v) is 3.49. The van der Waals surface area contributed by atoms with Gasteiger partial charge in [-0.1, -0.05) is 12.1 Å². The summed E-state index contributed by atoms with van der Waals surface area (Å²) in [7, 11) is 0. The lowest BCUT2D eigenvalue weighted by atomic mass is 9.86. The predicted octanol–water partition coefficient (Wildman–Crippen LogP) is 3.61. The van der Waals surface area contributed by atoms with Gasteiger partial charge >= 0.3 is 6.18 Å². The molecule has 0 fully saturated rings. The van der Waals surface area contributed by atoms with Crippen LogP contribution in [0.25, 0.3) is 0 Å². The van der Waals surface area contributed by atoms with E-state index < -0.39 is 17.7 Å². The monoisotopic (exact) mass is 383 g/mol. The zero-order valence-electron chi connectivity index (χ0n) is 14.0. The molecule has 1 N–H and O–H groups in total. The summed E-state index contributed by atoms with van der Waals surface area (Å²) >= 11 is 4.21. The Morgan fingerprint density at radius 2 is 1.85 bits per heavy atom. The first-order chi connectivity index (χ1) is 12.1. The molecule has 0 saturated carbocycles.